The van der Waals surface area contributed by atoms with E-state index in [2.05, 4.69) is 32.8 Å². The number of nitrogens with zero attached hydrogens (tertiary/aromatic N) is 2. The molecule has 5 heteroatoms. The molecule has 0 radical (unpaired) electrons. The number of methoxy groups -OCH3 is 1. The molecule has 0 atom stereocenters. The number of rotatable bonds is 3. The van der Waals surface area contributed by atoms with Crippen LogP contribution in [0, 0.1) is 0 Å². The Balaban J connectivity index is 2.27. The summed E-state index contributed by atoms with van der Waals surface area (Å²) in [4.78, 5) is 12.5. The third kappa shape index (κ3) is 2.08. The Labute approximate surface area is 125 Å². The second-order valence-electron chi connectivity index (χ2n) is 4.41. The highest BCUT2D eigenvalue weighted by molar-refractivity contribution is 9.10. The highest BCUT2D eigenvalue weighted by Gasteiger charge is 2.14. The number of halogens is 1. The molecule has 0 aliphatic rings. The number of hydrogen-bond acceptors (Lipinski definition) is 3. The molecule has 0 unspecified atom stereocenters. The van der Waals surface area contributed by atoms with Gasteiger partial charge < -0.3 is 9.72 Å². The van der Waals surface area contributed by atoms with Gasteiger partial charge in [-0.25, -0.2) is 9.97 Å². The van der Waals surface area contributed by atoms with Crippen LogP contribution in [-0.4, -0.2) is 22.1 Å². The van der Waals surface area contributed by atoms with Gasteiger partial charge in [0.25, 0.3) is 0 Å². The molecule has 2 aromatic heterocycles. The summed E-state index contributed by atoms with van der Waals surface area (Å²) in [6, 6.07) is 7.78. The molecule has 0 saturated carbocycles. The van der Waals surface area contributed by atoms with Crippen LogP contribution in [-0.2, 0) is 6.42 Å². The van der Waals surface area contributed by atoms with Crippen molar-refractivity contribution in [3.8, 4) is 17.1 Å². The van der Waals surface area contributed by atoms with Crippen LogP contribution in [0.15, 0.2) is 34.9 Å². The third-order valence-electron chi connectivity index (χ3n) is 3.24. The van der Waals surface area contributed by atoms with E-state index < -0.39 is 0 Å². The van der Waals surface area contributed by atoms with Gasteiger partial charge in [0.15, 0.2) is 5.82 Å². The second-order valence-corrected chi connectivity index (χ2v) is 5.26. The lowest BCUT2D eigenvalue weighted by molar-refractivity contribution is 0.416. The van der Waals surface area contributed by atoms with Crippen LogP contribution >= 0.6 is 15.9 Å². The van der Waals surface area contributed by atoms with E-state index in [0.29, 0.717) is 5.82 Å². The summed E-state index contributed by atoms with van der Waals surface area (Å²) in [5.41, 5.74) is 2.76. The van der Waals surface area contributed by atoms with Crippen LogP contribution < -0.4 is 4.74 Å². The molecular formula is C15H14BrN3O. The van der Waals surface area contributed by atoms with Gasteiger partial charge in [-0.05, 0) is 34.5 Å². The first kappa shape index (κ1) is 13.1. The zero-order chi connectivity index (χ0) is 14.1. The molecule has 20 heavy (non-hydrogen) atoms. The number of benzene rings is 1. The summed E-state index contributed by atoms with van der Waals surface area (Å²) in [5.74, 6) is 1.46. The number of aromatic amines is 1. The van der Waals surface area contributed by atoms with E-state index in [1.165, 1.54) is 0 Å². The summed E-state index contributed by atoms with van der Waals surface area (Å²) in [6.07, 6.45) is 2.74. The summed E-state index contributed by atoms with van der Waals surface area (Å²) in [6.45, 7) is 2.09. The zero-order valence-electron chi connectivity index (χ0n) is 11.3. The molecule has 3 rings (SSSR count). The summed E-state index contributed by atoms with van der Waals surface area (Å²) < 4.78 is 6.39. The molecule has 0 spiro atoms. The van der Waals surface area contributed by atoms with Crippen molar-refractivity contribution in [1.82, 2.24) is 15.0 Å². The van der Waals surface area contributed by atoms with Gasteiger partial charge in [-0.2, -0.15) is 0 Å². The molecule has 3 aromatic rings. The molecule has 2 heterocycles. The molecule has 0 amide bonds. The van der Waals surface area contributed by atoms with Crippen LogP contribution in [0.1, 0.15) is 12.6 Å². The maximum atomic E-state index is 5.39. The Morgan fingerprint density at radius 2 is 2.05 bits per heavy atom. The average molecular weight is 332 g/mol. The van der Waals surface area contributed by atoms with E-state index in [0.717, 1.165) is 38.9 Å². The van der Waals surface area contributed by atoms with Crippen molar-refractivity contribution in [3.05, 3.63) is 40.6 Å². The Bertz CT molecular complexity index is 767. The first-order chi connectivity index (χ1) is 9.74. The number of fused-ring (bicyclic) bond motifs is 1. The molecule has 1 aromatic carbocycles. The highest BCUT2D eigenvalue weighted by Crippen LogP contribution is 2.31. The first-order valence-corrected chi connectivity index (χ1v) is 7.20. The van der Waals surface area contributed by atoms with E-state index in [4.69, 9.17) is 9.72 Å². The maximum Gasteiger partial charge on any atom is 0.165 e. The SMILES string of the molecule is CCc1nc(-c2ccccc2OC)nc2[nH]cc(Br)c12. The van der Waals surface area contributed by atoms with Gasteiger partial charge in [0.1, 0.15) is 11.4 Å². The molecule has 1 N–H and O–H groups in total. The molecule has 4 nitrogen and oxygen atoms in total. The van der Waals surface area contributed by atoms with Gasteiger partial charge in [-0.15, -0.1) is 0 Å². The van der Waals surface area contributed by atoms with Crippen molar-refractivity contribution in [2.45, 2.75) is 13.3 Å². The fourth-order valence-corrected chi connectivity index (χ4v) is 2.80. The molecule has 0 aliphatic heterocycles. The van der Waals surface area contributed by atoms with Gasteiger partial charge in [0.2, 0.25) is 0 Å². The van der Waals surface area contributed by atoms with Gasteiger partial charge in [0.05, 0.1) is 23.8 Å². The lowest BCUT2D eigenvalue weighted by atomic mass is 10.1. The molecule has 0 aliphatic carbocycles. The van der Waals surface area contributed by atoms with Crippen molar-refractivity contribution in [1.29, 1.82) is 0 Å². The minimum absolute atomic E-state index is 0.682. The van der Waals surface area contributed by atoms with E-state index >= 15 is 0 Å². The predicted molar refractivity (Wildman–Crippen MR) is 83.0 cm³/mol. The van der Waals surface area contributed by atoms with Crippen LogP contribution in [0.4, 0.5) is 0 Å². The van der Waals surface area contributed by atoms with Gasteiger partial charge in [-0.3, -0.25) is 0 Å². The maximum absolute atomic E-state index is 5.39. The highest BCUT2D eigenvalue weighted by atomic mass is 79.9. The summed E-state index contributed by atoms with van der Waals surface area (Å²) in [5, 5.41) is 1.05. The quantitative estimate of drug-likeness (QED) is 0.790. The van der Waals surface area contributed by atoms with E-state index in [1.54, 1.807) is 7.11 Å². The predicted octanol–water partition coefficient (Wildman–Crippen LogP) is 3.96. The second kappa shape index (κ2) is 5.25. The summed E-state index contributed by atoms with van der Waals surface area (Å²) >= 11 is 3.53. The van der Waals surface area contributed by atoms with Gasteiger partial charge in [-0.1, -0.05) is 19.1 Å². The monoisotopic (exact) mass is 331 g/mol. The van der Waals surface area contributed by atoms with Crippen molar-refractivity contribution >= 4 is 27.0 Å². The van der Waals surface area contributed by atoms with E-state index in [9.17, 15) is 0 Å². The number of nitrogens with one attached hydrogen (secondary N) is 1. The minimum atomic E-state index is 0.682. The Morgan fingerprint density at radius 3 is 2.80 bits per heavy atom. The van der Waals surface area contributed by atoms with Crippen molar-refractivity contribution < 1.29 is 4.74 Å². The molecule has 102 valence electrons. The zero-order valence-corrected chi connectivity index (χ0v) is 12.9. The molecular weight excluding hydrogens is 318 g/mol. The van der Waals surface area contributed by atoms with Crippen LogP contribution in [0.5, 0.6) is 5.75 Å². The molecule has 0 saturated heterocycles. The topological polar surface area (TPSA) is 50.8 Å². The normalized spacial score (nSPS) is 10.9. The Morgan fingerprint density at radius 1 is 1.25 bits per heavy atom. The summed E-state index contributed by atoms with van der Waals surface area (Å²) in [7, 11) is 1.66. The first-order valence-electron chi connectivity index (χ1n) is 6.41. The lowest BCUT2D eigenvalue weighted by Crippen LogP contribution is -1.98. The number of ether oxygens (including phenoxy) is 1. The largest absolute Gasteiger partial charge is 0.496 e. The van der Waals surface area contributed by atoms with Crippen molar-refractivity contribution in [2.24, 2.45) is 0 Å². The lowest BCUT2D eigenvalue weighted by Gasteiger charge is -2.08. The van der Waals surface area contributed by atoms with E-state index in [1.807, 2.05) is 30.5 Å². The van der Waals surface area contributed by atoms with Crippen molar-refractivity contribution in [2.75, 3.05) is 7.11 Å². The fourth-order valence-electron chi connectivity index (χ4n) is 2.27. The molecule has 0 bridgehead atoms. The number of aromatic nitrogens is 3. The standard InChI is InChI=1S/C15H14BrN3O/c1-3-11-13-10(16)8-17-15(13)19-14(18-11)9-6-4-5-7-12(9)20-2/h4-8H,3H2,1-2H3,(H,17,18,19). The number of para-hydroxylation sites is 1. The average Bonchev–Trinajstić information content (AvgIpc) is 2.88. The molecule has 0 fully saturated rings. The van der Waals surface area contributed by atoms with Gasteiger partial charge >= 0.3 is 0 Å². The van der Waals surface area contributed by atoms with Crippen molar-refractivity contribution in [3.63, 3.8) is 0 Å². The fraction of sp³-hybridized carbons (Fsp3) is 0.200. The third-order valence-corrected chi connectivity index (χ3v) is 3.87. The number of hydrogen-bond donors (Lipinski definition) is 1. The van der Waals surface area contributed by atoms with E-state index in [-0.39, 0.29) is 0 Å². The minimum Gasteiger partial charge on any atom is -0.496 e. The number of aryl methyl sites for hydroxylation is 1. The Kier molecular flexibility index (Phi) is 3.44. The van der Waals surface area contributed by atoms with Crippen LogP contribution in [0.25, 0.3) is 22.4 Å². The van der Waals surface area contributed by atoms with Crippen LogP contribution in [0.2, 0.25) is 0 Å². The number of H-pyrrole nitrogens is 1. The Hall–Kier alpha value is -1.88. The smallest absolute Gasteiger partial charge is 0.165 e. The van der Waals surface area contributed by atoms with Crippen LogP contribution in [0.3, 0.4) is 0 Å². The van der Waals surface area contributed by atoms with Gasteiger partial charge in [0, 0.05) is 10.7 Å².